The Kier molecular flexibility index (Phi) is 5.32. The SMILES string of the molecule is CC(C)(C)OC(=O)N1CCCC1C(=O)N1CCCC(CO)C1. The molecule has 2 aliphatic rings. The molecule has 1 N–H and O–H groups in total. The smallest absolute Gasteiger partial charge is 0.410 e. The maximum absolute atomic E-state index is 12.7. The van der Waals surface area contributed by atoms with Crippen molar-refractivity contribution < 1.29 is 19.4 Å². The van der Waals surface area contributed by atoms with Crippen LogP contribution in [0.15, 0.2) is 0 Å². The number of piperidine rings is 1. The van der Waals surface area contributed by atoms with E-state index in [-0.39, 0.29) is 18.4 Å². The van der Waals surface area contributed by atoms with Gasteiger partial charge in [-0.25, -0.2) is 4.79 Å². The van der Waals surface area contributed by atoms with Gasteiger partial charge in [0.25, 0.3) is 0 Å². The van der Waals surface area contributed by atoms with Crippen LogP contribution in [0.3, 0.4) is 0 Å². The number of aliphatic hydroxyl groups excluding tert-OH is 1. The summed E-state index contributed by atoms with van der Waals surface area (Å²) in [7, 11) is 0. The lowest BCUT2D eigenvalue weighted by atomic mass is 9.98. The van der Waals surface area contributed by atoms with E-state index in [4.69, 9.17) is 4.74 Å². The summed E-state index contributed by atoms with van der Waals surface area (Å²) in [6.07, 6.45) is 2.99. The molecule has 126 valence electrons. The Hall–Kier alpha value is -1.30. The Bertz CT molecular complexity index is 419. The van der Waals surface area contributed by atoms with Crippen LogP contribution in [0.1, 0.15) is 46.5 Å². The van der Waals surface area contributed by atoms with Gasteiger partial charge in [-0.2, -0.15) is 0 Å². The molecule has 2 aliphatic heterocycles. The van der Waals surface area contributed by atoms with E-state index >= 15 is 0 Å². The number of likely N-dealkylation sites (tertiary alicyclic amines) is 2. The van der Waals surface area contributed by atoms with E-state index in [1.165, 1.54) is 0 Å². The second kappa shape index (κ2) is 6.86. The first-order chi connectivity index (χ1) is 10.3. The zero-order chi connectivity index (χ0) is 16.3. The molecule has 2 atom stereocenters. The number of hydrogen-bond acceptors (Lipinski definition) is 4. The third-order valence-electron chi connectivity index (χ3n) is 4.25. The van der Waals surface area contributed by atoms with Gasteiger partial charge < -0.3 is 14.7 Å². The van der Waals surface area contributed by atoms with Crippen LogP contribution < -0.4 is 0 Å². The normalized spacial score (nSPS) is 26.2. The van der Waals surface area contributed by atoms with Gasteiger partial charge in [-0.3, -0.25) is 9.69 Å². The number of nitrogens with zero attached hydrogens (tertiary/aromatic N) is 2. The number of aliphatic hydroxyl groups is 1. The predicted molar refractivity (Wildman–Crippen MR) is 82.4 cm³/mol. The van der Waals surface area contributed by atoms with Crippen molar-refractivity contribution in [3.8, 4) is 0 Å². The number of rotatable bonds is 2. The first-order valence-electron chi connectivity index (χ1n) is 8.21. The molecule has 6 heteroatoms. The van der Waals surface area contributed by atoms with E-state index in [1.54, 1.807) is 9.80 Å². The molecule has 2 fully saturated rings. The van der Waals surface area contributed by atoms with Gasteiger partial charge in [0, 0.05) is 26.2 Å². The van der Waals surface area contributed by atoms with Crippen LogP contribution in [0.4, 0.5) is 4.79 Å². The topological polar surface area (TPSA) is 70.1 Å². The Labute approximate surface area is 132 Å². The molecule has 2 amide bonds. The van der Waals surface area contributed by atoms with Gasteiger partial charge in [0.1, 0.15) is 11.6 Å². The fraction of sp³-hybridized carbons (Fsp3) is 0.875. The number of carbonyl (C=O) groups is 2. The van der Waals surface area contributed by atoms with Gasteiger partial charge in [0.15, 0.2) is 0 Å². The van der Waals surface area contributed by atoms with E-state index in [9.17, 15) is 14.7 Å². The van der Waals surface area contributed by atoms with Crippen LogP contribution >= 0.6 is 0 Å². The Balaban J connectivity index is 2.00. The van der Waals surface area contributed by atoms with Crippen LogP contribution in [0, 0.1) is 5.92 Å². The van der Waals surface area contributed by atoms with E-state index in [0.717, 1.165) is 19.3 Å². The molecule has 0 aromatic carbocycles. The van der Waals surface area contributed by atoms with E-state index in [0.29, 0.717) is 26.1 Å². The summed E-state index contributed by atoms with van der Waals surface area (Å²) in [5, 5.41) is 9.30. The molecule has 0 spiro atoms. The molecular weight excluding hydrogens is 284 g/mol. The molecule has 0 aliphatic carbocycles. The monoisotopic (exact) mass is 312 g/mol. The minimum Gasteiger partial charge on any atom is -0.444 e. The molecule has 0 bridgehead atoms. The van der Waals surface area contributed by atoms with Crippen LogP contribution in [-0.4, -0.2) is 64.8 Å². The molecule has 0 aromatic rings. The first kappa shape index (κ1) is 17.1. The minimum atomic E-state index is -0.555. The number of amides is 2. The van der Waals surface area contributed by atoms with Crippen molar-refractivity contribution in [2.45, 2.75) is 58.1 Å². The highest BCUT2D eigenvalue weighted by Crippen LogP contribution is 2.25. The van der Waals surface area contributed by atoms with Gasteiger partial charge >= 0.3 is 6.09 Å². The highest BCUT2D eigenvalue weighted by Gasteiger charge is 2.39. The molecule has 0 aromatic heterocycles. The second-order valence-electron chi connectivity index (χ2n) is 7.31. The molecule has 2 unspecified atom stereocenters. The lowest BCUT2D eigenvalue weighted by Crippen LogP contribution is -2.51. The van der Waals surface area contributed by atoms with Crippen molar-refractivity contribution in [3.05, 3.63) is 0 Å². The lowest BCUT2D eigenvalue weighted by Gasteiger charge is -2.36. The second-order valence-corrected chi connectivity index (χ2v) is 7.31. The lowest BCUT2D eigenvalue weighted by molar-refractivity contribution is -0.138. The van der Waals surface area contributed by atoms with Crippen molar-refractivity contribution in [3.63, 3.8) is 0 Å². The number of hydrogen-bond donors (Lipinski definition) is 1. The Morgan fingerprint density at radius 1 is 1.18 bits per heavy atom. The first-order valence-corrected chi connectivity index (χ1v) is 8.21. The zero-order valence-corrected chi connectivity index (χ0v) is 13.9. The zero-order valence-electron chi connectivity index (χ0n) is 13.9. The molecule has 2 saturated heterocycles. The Morgan fingerprint density at radius 2 is 1.86 bits per heavy atom. The van der Waals surface area contributed by atoms with Gasteiger partial charge in [-0.1, -0.05) is 0 Å². The van der Waals surface area contributed by atoms with Gasteiger partial charge in [-0.15, -0.1) is 0 Å². The molecular formula is C16H28N2O4. The quantitative estimate of drug-likeness (QED) is 0.841. The summed E-state index contributed by atoms with van der Waals surface area (Å²) in [6, 6.07) is -0.410. The van der Waals surface area contributed by atoms with Gasteiger partial charge in [0.05, 0.1) is 0 Å². The van der Waals surface area contributed by atoms with Crippen molar-refractivity contribution in [1.29, 1.82) is 0 Å². The Morgan fingerprint density at radius 3 is 2.50 bits per heavy atom. The van der Waals surface area contributed by atoms with Gasteiger partial charge in [-0.05, 0) is 52.4 Å². The van der Waals surface area contributed by atoms with E-state index in [2.05, 4.69) is 0 Å². The minimum absolute atomic E-state index is 0.00140. The summed E-state index contributed by atoms with van der Waals surface area (Å²) >= 11 is 0. The van der Waals surface area contributed by atoms with E-state index in [1.807, 2.05) is 20.8 Å². The van der Waals surface area contributed by atoms with Crippen molar-refractivity contribution in [1.82, 2.24) is 9.80 Å². The molecule has 0 radical (unpaired) electrons. The van der Waals surface area contributed by atoms with Crippen molar-refractivity contribution >= 4 is 12.0 Å². The van der Waals surface area contributed by atoms with Crippen molar-refractivity contribution in [2.24, 2.45) is 5.92 Å². The summed E-state index contributed by atoms with van der Waals surface area (Å²) in [4.78, 5) is 28.4. The fourth-order valence-electron chi connectivity index (χ4n) is 3.19. The van der Waals surface area contributed by atoms with Crippen molar-refractivity contribution in [2.75, 3.05) is 26.2 Å². The third-order valence-corrected chi connectivity index (χ3v) is 4.25. The number of carbonyl (C=O) groups excluding carboxylic acids is 2. The van der Waals surface area contributed by atoms with Crippen LogP contribution in [0.25, 0.3) is 0 Å². The molecule has 6 nitrogen and oxygen atoms in total. The average molecular weight is 312 g/mol. The number of ether oxygens (including phenoxy) is 1. The summed E-state index contributed by atoms with van der Waals surface area (Å²) in [5.74, 6) is 0.163. The van der Waals surface area contributed by atoms with Crippen LogP contribution in [-0.2, 0) is 9.53 Å². The molecule has 22 heavy (non-hydrogen) atoms. The van der Waals surface area contributed by atoms with E-state index < -0.39 is 17.7 Å². The highest BCUT2D eigenvalue weighted by molar-refractivity contribution is 5.86. The van der Waals surface area contributed by atoms with Crippen LogP contribution in [0.2, 0.25) is 0 Å². The maximum Gasteiger partial charge on any atom is 0.410 e. The highest BCUT2D eigenvalue weighted by atomic mass is 16.6. The van der Waals surface area contributed by atoms with Gasteiger partial charge in [0.2, 0.25) is 5.91 Å². The standard InChI is InChI=1S/C16H28N2O4/c1-16(2,3)22-15(21)18-9-5-7-13(18)14(20)17-8-4-6-12(10-17)11-19/h12-13,19H,4-11H2,1-3H3. The summed E-state index contributed by atoms with van der Waals surface area (Å²) < 4.78 is 5.41. The molecule has 2 rings (SSSR count). The summed E-state index contributed by atoms with van der Waals surface area (Å²) in [6.45, 7) is 7.48. The molecule has 0 saturated carbocycles. The largest absolute Gasteiger partial charge is 0.444 e. The third kappa shape index (κ3) is 4.12. The predicted octanol–water partition coefficient (Wildman–Crippen LogP) is 1.62. The summed E-state index contributed by atoms with van der Waals surface area (Å²) in [5.41, 5.74) is -0.555. The molecule has 2 heterocycles. The van der Waals surface area contributed by atoms with Crippen LogP contribution in [0.5, 0.6) is 0 Å². The average Bonchev–Trinajstić information content (AvgIpc) is 2.94. The maximum atomic E-state index is 12.7. The fourth-order valence-corrected chi connectivity index (χ4v) is 3.19.